The van der Waals surface area contributed by atoms with Crippen molar-refractivity contribution in [2.24, 2.45) is 0 Å². The van der Waals surface area contributed by atoms with Crippen LogP contribution in [0.4, 0.5) is 4.39 Å². The van der Waals surface area contributed by atoms with Crippen molar-refractivity contribution in [1.82, 2.24) is 19.7 Å². The Hall–Kier alpha value is -3.02. The van der Waals surface area contributed by atoms with Gasteiger partial charge >= 0.3 is 0 Å². The first-order valence-electron chi connectivity index (χ1n) is 7.54. The van der Waals surface area contributed by atoms with Crippen LogP contribution in [0.15, 0.2) is 61.2 Å². The van der Waals surface area contributed by atoms with Crippen LogP contribution in [0.3, 0.4) is 0 Å². The summed E-state index contributed by atoms with van der Waals surface area (Å²) in [6.45, 7) is 1.91. The van der Waals surface area contributed by atoms with E-state index in [9.17, 15) is 9.18 Å². The number of hydrogen-bond donors (Lipinski definition) is 0. The smallest absolute Gasteiger partial charge is 0.254 e. The van der Waals surface area contributed by atoms with Gasteiger partial charge < -0.3 is 4.90 Å². The minimum Gasteiger partial charge on any atom is -0.335 e. The molecular weight excluding hydrogens is 307 g/mol. The van der Waals surface area contributed by atoms with Crippen LogP contribution in [0.5, 0.6) is 0 Å². The van der Waals surface area contributed by atoms with Gasteiger partial charge in [-0.2, -0.15) is 5.10 Å². The molecule has 0 aliphatic rings. The number of halogens is 1. The molecule has 0 aliphatic heterocycles. The van der Waals surface area contributed by atoms with Gasteiger partial charge in [-0.3, -0.25) is 4.79 Å². The van der Waals surface area contributed by atoms with Gasteiger partial charge in [-0.05, 0) is 48.9 Å². The van der Waals surface area contributed by atoms with E-state index in [2.05, 4.69) is 10.1 Å². The van der Waals surface area contributed by atoms with E-state index in [-0.39, 0.29) is 17.8 Å². The minimum atomic E-state index is -0.288. The Kier molecular flexibility index (Phi) is 4.37. The Morgan fingerprint density at radius 3 is 2.38 bits per heavy atom. The van der Waals surface area contributed by atoms with Crippen LogP contribution in [0.25, 0.3) is 5.69 Å². The largest absolute Gasteiger partial charge is 0.335 e. The lowest BCUT2D eigenvalue weighted by molar-refractivity contribution is 0.0742. The van der Waals surface area contributed by atoms with Gasteiger partial charge in [0.15, 0.2) is 0 Å². The van der Waals surface area contributed by atoms with Crippen molar-refractivity contribution >= 4 is 5.91 Å². The van der Waals surface area contributed by atoms with Crippen molar-refractivity contribution in [2.75, 3.05) is 7.05 Å². The summed E-state index contributed by atoms with van der Waals surface area (Å²) in [5, 5.41) is 4.05. The first-order valence-corrected chi connectivity index (χ1v) is 7.54. The van der Waals surface area contributed by atoms with E-state index in [4.69, 9.17) is 0 Å². The summed E-state index contributed by atoms with van der Waals surface area (Å²) in [6, 6.07) is 13.2. The average Bonchev–Trinajstić information content (AvgIpc) is 3.15. The monoisotopic (exact) mass is 324 g/mol. The molecule has 1 unspecified atom stereocenters. The second kappa shape index (κ2) is 6.62. The van der Waals surface area contributed by atoms with Gasteiger partial charge in [-0.15, -0.1) is 0 Å². The zero-order chi connectivity index (χ0) is 17.1. The predicted octanol–water partition coefficient (Wildman–Crippen LogP) is 3.24. The molecule has 1 aromatic heterocycles. The molecule has 1 atom stereocenters. The number of benzene rings is 2. The fourth-order valence-electron chi connectivity index (χ4n) is 2.44. The molecule has 24 heavy (non-hydrogen) atoms. The maximum atomic E-state index is 13.0. The van der Waals surface area contributed by atoms with Crippen molar-refractivity contribution in [3.8, 4) is 5.69 Å². The maximum Gasteiger partial charge on any atom is 0.254 e. The van der Waals surface area contributed by atoms with Gasteiger partial charge in [0, 0.05) is 12.6 Å². The van der Waals surface area contributed by atoms with Crippen LogP contribution in [0.1, 0.15) is 28.9 Å². The number of amides is 1. The fraction of sp³-hybridized carbons (Fsp3) is 0.167. The van der Waals surface area contributed by atoms with Crippen LogP contribution in [-0.4, -0.2) is 32.6 Å². The molecule has 5 nitrogen and oxygen atoms in total. The molecule has 0 aliphatic carbocycles. The summed E-state index contributed by atoms with van der Waals surface area (Å²) in [7, 11) is 1.74. The van der Waals surface area contributed by atoms with Gasteiger partial charge in [-0.1, -0.05) is 12.1 Å². The molecule has 0 spiro atoms. The molecule has 0 saturated carbocycles. The van der Waals surface area contributed by atoms with Crippen LogP contribution in [-0.2, 0) is 0 Å². The van der Waals surface area contributed by atoms with Gasteiger partial charge in [0.25, 0.3) is 5.91 Å². The average molecular weight is 324 g/mol. The predicted molar refractivity (Wildman–Crippen MR) is 88.3 cm³/mol. The van der Waals surface area contributed by atoms with Crippen LogP contribution >= 0.6 is 0 Å². The van der Waals surface area contributed by atoms with E-state index < -0.39 is 0 Å². The summed E-state index contributed by atoms with van der Waals surface area (Å²) in [6.07, 6.45) is 3.05. The van der Waals surface area contributed by atoms with E-state index >= 15 is 0 Å². The molecule has 6 heteroatoms. The standard InChI is InChI=1S/C18H17FN4O/c1-13(14-3-7-16(19)8-4-14)22(2)18(24)15-5-9-17(10-6-15)23-12-20-11-21-23/h3-13H,1-2H3. The third-order valence-electron chi connectivity index (χ3n) is 4.05. The van der Waals surface area contributed by atoms with E-state index in [1.165, 1.54) is 18.5 Å². The topological polar surface area (TPSA) is 51.0 Å². The van der Waals surface area contributed by atoms with Gasteiger partial charge in [0.2, 0.25) is 0 Å². The number of aromatic nitrogens is 3. The Balaban J connectivity index is 1.76. The number of nitrogens with zero attached hydrogens (tertiary/aromatic N) is 4. The normalized spacial score (nSPS) is 12.0. The van der Waals surface area contributed by atoms with E-state index in [0.717, 1.165) is 11.3 Å². The first kappa shape index (κ1) is 15.9. The van der Waals surface area contributed by atoms with Crippen molar-refractivity contribution in [3.05, 3.63) is 78.1 Å². The highest BCUT2D eigenvalue weighted by Crippen LogP contribution is 2.21. The van der Waals surface area contributed by atoms with Gasteiger partial charge in [0.05, 0.1) is 11.7 Å². The highest BCUT2D eigenvalue weighted by atomic mass is 19.1. The van der Waals surface area contributed by atoms with Crippen LogP contribution < -0.4 is 0 Å². The first-order chi connectivity index (χ1) is 11.6. The number of rotatable bonds is 4. The SMILES string of the molecule is CC(c1ccc(F)cc1)N(C)C(=O)c1ccc(-n2cncn2)cc1. The molecule has 0 bridgehead atoms. The summed E-state index contributed by atoms with van der Waals surface area (Å²) in [5.41, 5.74) is 2.29. The van der Waals surface area contributed by atoms with Gasteiger partial charge in [-0.25, -0.2) is 14.1 Å². The van der Waals surface area contributed by atoms with Crippen molar-refractivity contribution < 1.29 is 9.18 Å². The lowest BCUT2D eigenvalue weighted by Crippen LogP contribution is -2.29. The third-order valence-corrected chi connectivity index (χ3v) is 4.05. The maximum absolute atomic E-state index is 13.0. The molecular formula is C18H17FN4O. The number of hydrogen-bond acceptors (Lipinski definition) is 3. The van der Waals surface area contributed by atoms with Crippen molar-refractivity contribution in [2.45, 2.75) is 13.0 Å². The van der Waals surface area contributed by atoms with Gasteiger partial charge in [0.1, 0.15) is 18.5 Å². The lowest BCUT2D eigenvalue weighted by atomic mass is 10.1. The minimum absolute atomic E-state index is 0.100. The Morgan fingerprint density at radius 2 is 1.79 bits per heavy atom. The molecule has 1 heterocycles. The molecule has 0 radical (unpaired) electrons. The number of carbonyl (C=O) groups is 1. The Labute approximate surface area is 139 Å². The Bertz CT molecular complexity index is 813. The van der Waals surface area contributed by atoms with Crippen molar-refractivity contribution in [1.29, 1.82) is 0 Å². The molecule has 122 valence electrons. The molecule has 3 aromatic rings. The highest BCUT2D eigenvalue weighted by molar-refractivity contribution is 5.94. The molecule has 1 amide bonds. The molecule has 0 saturated heterocycles. The van der Waals surface area contributed by atoms with E-state index in [1.54, 1.807) is 47.2 Å². The molecule has 0 N–H and O–H groups in total. The van der Waals surface area contributed by atoms with E-state index in [1.807, 2.05) is 19.1 Å². The fourth-order valence-corrected chi connectivity index (χ4v) is 2.44. The quantitative estimate of drug-likeness (QED) is 0.740. The molecule has 0 fully saturated rings. The molecule has 3 rings (SSSR count). The second-order valence-corrected chi connectivity index (χ2v) is 5.53. The van der Waals surface area contributed by atoms with Crippen molar-refractivity contribution in [3.63, 3.8) is 0 Å². The number of carbonyl (C=O) groups excluding carboxylic acids is 1. The van der Waals surface area contributed by atoms with Crippen LogP contribution in [0, 0.1) is 5.82 Å². The summed E-state index contributed by atoms with van der Waals surface area (Å²) in [5.74, 6) is -0.388. The third kappa shape index (κ3) is 3.17. The van der Waals surface area contributed by atoms with Crippen LogP contribution in [0.2, 0.25) is 0 Å². The summed E-state index contributed by atoms with van der Waals surface area (Å²) < 4.78 is 14.7. The second-order valence-electron chi connectivity index (χ2n) is 5.53. The van der Waals surface area contributed by atoms with E-state index in [0.29, 0.717) is 5.56 Å². The zero-order valence-electron chi connectivity index (χ0n) is 13.4. The molecule has 2 aromatic carbocycles. The highest BCUT2D eigenvalue weighted by Gasteiger charge is 2.19. The zero-order valence-corrected chi connectivity index (χ0v) is 13.4. The summed E-state index contributed by atoms with van der Waals surface area (Å²) >= 11 is 0. The lowest BCUT2D eigenvalue weighted by Gasteiger charge is -2.25. The summed E-state index contributed by atoms with van der Waals surface area (Å²) in [4.78, 5) is 18.2. The Morgan fingerprint density at radius 1 is 1.12 bits per heavy atom.